The van der Waals surface area contributed by atoms with E-state index in [0.29, 0.717) is 6.61 Å². The molecule has 18 heavy (non-hydrogen) atoms. The number of nitrogens with two attached hydrogens (primary N) is 1. The van der Waals surface area contributed by atoms with Crippen molar-refractivity contribution in [1.29, 1.82) is 0 Å². The Morgan fingerprint density at radius 2 is 2.33 bits per heavy atom. The van der Waals surface area contributed by atoms with Crippen molar-refractivity contribution in [2.24, 2.45) is 5.73 Å². The van der Waals surface area contributed by atoms with Crippen LogP contribution in [-0.4, -0.2) is 31.8 Å². The lowest BCUT2D eigenvalue weighted by atomic mass is 10.1. The van der Waals surface area contributed by atoms with Crippen molar-refractivity contribution in [1.82, 2.24) is 4.98 Å². The van der Waals surface area contributed by atoms with Crippen molar-refractivity contribution in [3.63, 3.8) is 0 Å². The lowest BCUT2D eigenvalue weighted by Crippen LogP contribution is -2.27. The fraction of sp³-hybridized carbons (Fsp3) is 0.500. The van der Waals surface area contributed by atoms with Crippen molar-refractivity contribution in [2.45, 2.75) is 19.4 Å². The van der Waals surface area contributed by atoms with Gasteiger partial charge in [0.1, 0.15) is 0 Å². The van der Waals surface area contributed by atoms with E-state index in [-0.39, 0.29) is 6.04 Å². The van der Waals surface area contributed by atoms with Crippen molar-refractivity contribution in [2.75, 3.05) is 31.7 Å². The van der Waals surface area contributed by atoms with Gasteiger partial charge < -0.3 is 15.4 Å². The standard InChI is InChI=1S/C14H23N3O/c1-4-8-17(9-10-18-3)12-6-7-14(16-11-12)13(15)5-2/h4,6-7,11,13H,1,5,8-10,15H2,2-3H3/t13-/m0/s1. The summed E-state index contributed by atoms with van der Waals surface area (Å²) in [6.07, 6.45) is 4.64. The summed E-state index contributed by atoms with van der Waals surface area (Å²) in [6, 6.07) is 4.06. The molecule has 0 amide bonds. The van der Waals surface area contributed by atoms with E-state index in [0.717, 1.165) is 30.9 Å². The van der Waals surface area contributed by atoms with E-state index in [4.69, 9.17) is 10.5 Å². The lowest BCUT2D eigenvalue weighted by molar-refractivity contribution is 0.206. The molecule has 100 valence electrons. The molecule has 0 aliphatic heterocycles. The van der Waals surface area contributed by atoms with Crippen LogP contribution < -0.4 is 10.6 Å². The van der Waals surface area contributed by atoms with E-state index < -0.39 is 0 Å². The highest BCUT2D eigenvalue weighted by molar-refractivity contribution is 5.45. The minimum atomic E-state index is 0.0193. The number of aromatic nitrogens is 1. The molecular weight excluding hydrogens is 226 g/mol. The molecule has 0 saturated heterocycles. The zero-order chi connectivity index (χ0) is 13.4. The number of ether oxygens (including phenoxy) is 1. The topological polar surface area (TPSA) is 51.4 Å². The van der Waals surface area contributed by atoms with Crippen LogP contribution in [0.25, 0.3) is 0 Å². The largest absolute Gasteiger partial charge is 0.383 e. The first-order chi connectivity index (χ1) is 8.72. The molecule has 0 fully saturated rings. The molecule has 0 unspecified atom stereocenters. The minimum absolute atomic E-state index is 0.0193. The molecule has 4 nitrogen and oxygen atoms in total. The van der Waals surface area contributed by atoms with Gasteiger partial charge in [-0.05, 0) is 18.6 Å². The monoisotopic (exact) mass is 249 g/mol. The third kappa shape index (κ3) is 4.13. The normalized spacial score (nSPS) is 12.2. The van der Waals surface area contributed by atoms with Gasteiger partial charge in [0.05, 0.1) is 24.2 Å². The Bertz CT molecular complexity index is 351. The Kier molecular flexibility index (Phi) is 6.39. The average molecular weight is 249 g/mol. The molecule has 0 radical (unpaired) electrons. The van der Waals surface area contributed by atoms with Gasteiger partial charge in [0.15, 0.2) is 0 Å². The van der Waals surface area contributed by atoms with E-state index in [2.05, 4.69) is 29.5 Å². The summed E-state index contributed by atoms with van der Waals surface area (Å²) in [5.41, 5.74) is 7.95. The molecule has 0 bridgehead atoms. The van der Waals surface area contributed by atoms with Crippen LogP contribution in [0.4, 0.5) is 5.69 Å². The summed E-state index contributed by atoms with van der Waals surface area (Å²) in [5, 5.41) is 0. The molecule has 2 N–H and O–H groups in total. The van der Waals surface area contributed by atoms with Crippen molar-refractivity contribution in [3.8, 4) is 0 Å². The second-order valence-electron chi connectivity index (χ2n) is 4.18. The highest BCUT2D eigenvalue weighted by atomic mass is 16.5. The van der Waals surface area contributed by atoms with Gasteiger partial charge in [-0.15, -0.1) is 6.58 Å². The zero-order valence-electron chi connectivity index (χ0n) is 11.3. The maximum Gasteiger partial charge on any atom is 0.0637 e. The molecule has 1 heterocycles. The molecular formula is C14H23N3O. The SMILES string of the molecule is C=CCN(CCOC)c1ccc([C@@H](N)CC)nc1. The van der Waals surface area contributed by atoms with Crippen LogP contribution in [0.15, 0.2) is 31.0 Å². The van der Waals surface area contributed by atoms with E-state index >= 15 is 0 Å². The number of hydrogen-bond acceptors (Lipinski definition) is 4. The fourth-order valence-corrected chi connectivity index (χ4v) is 1.70. The van der Waals surface area contributed by atoms with E-state index in [9.17, 15) is 0 Å². The first-order valence-electron chi connectivity index (χ1n) is 6.29. The molecule has 1 rings (SSSR count). The van der Waals surface area contributed by atoms with Crippen LogP contribution in [-0.2, 0) is 4.74 Å². The number of hydrogen-bond donors (Lipinski definition) is 1. The van der Waals surface area contributed by atoms with Gasteiger partial charge in [-0.2, -0.15) is 0 Å². The Morgan fingerprint density at radius 3 is 2.83 bits per heavy atom. The summed E-state index contributed by atoms with van der Waals surface area (Å²) in [6.45, 7) is 8.12. The first-order valence-corrected chi connectivity index (χ1v) is 6.29. The Balaban J connectivity index is 2.76. The lowest BCUT2D eigenvalue weighted by Gasteiger charge is -2.23. The second kappa shape index (κ2) is 7.84. The predicted octanol–water partition coefficient (Wildman–Crippen LogP) is 2.13. The number of anilines is 1. The van der Waals surface area contributed by atoms with Gasteiger partial charge >= 0.3 is 0 Å². The van der Waals surface area contributed by atoms with Crippen LogP contribution >= 0.6 is 0 Å². The highest BCUT2D eigenvalue weighted by Crippen LogP contribution is 2.16. The van der Waals surface area contributed by atoms with Crippen molar-refractivity contribution < 1.29 is 4.74 Å². The van der Waals surface area contributed by atoms with Crippen molar-refractivity contribution >= 4 is 5.69 Å². The molecule has 0 aliphatic rings. The fourth-order valence-electron chi connectivity index (χ4n) is 1.70. The first kappa shape index (κ1) is 14.7. The molecule has 0 aromatic carbocycles. The maximum absolute atomic E-state index is 5.95. The molecule has 4 heteroatoms. The van der Waals surface area contributed by atoms with E-state index in [1.54, 1.807) is 7.11 Å². The number of rotatable bonds is 8. The van der Waals surface area contributed by atoms with Gasteiger partial charge in [0, 0.05) is 26.2 Å². The Labute approximate surface area is 109 Å². The predicted molar refractivity (Wildman–Crippen MR) is 75.7 cm³/mol. The summed E-state index contributed by atoms with van der Waals surface area (Å²) in [7, 11) is 1.70. The second-order valence-corrected chi connectivity index (χ2v) is 4.18. The number of methoxy groups -OCH3 is 1. The smallest absolute Gasteiger partial charge is 0.0637 e. The molecule has 1 aromatic heterocycles. The average Bonchev–Trinajstić information content (AvgIpc) is 2.43. The maximum atomic E-state index is 5.95. The number of pyridine rings is 1. The summed E-state index contributed by atoms with van der Waals surface area (Å²) in [5.74, 6) is 0. The summed E-state index contributed by atoms with van der Waals surface area (Å²) >= 11 is 0. The molecule has 1 atom stereocenters. The summed E-state index contributed by atoms with van der Waals surface area (Å²) in [4.78, 5) is 6.59. The minimum Gasteiger partial charge on any atom is -0.383 e. The number of nitrogens with zero attached hydrogens (tertiary/aromatic N) is 2. The van der Waals surface area contributed by atoms with Gasteiger partial charge in [0.2, 0.25) is 0 Å². The van der Waals surface area contributed by atoms with Crippen LogP contribution in [0.2, 0.25) is 0 Å². The van der Waals surface area contributed by atoms with Gasteiger partial charge in [0.25, 0.3) is 0 Å². The molecule has 0 spiro atoms. The Morgan fingerprint density at radius 1 is 1.56 bits per heavy atom. The van der Waals surface area contributed by atoms with Crippen molar-refractivity contribution in [3.05, 3.63) is 36.7 Å². The third-order valence-corrected chi connectivity index (χ3v) is 2.87. The van der Waals surface area contributed by atoms with Gasteiger partial charge in [-0.3, -0.25) is 4.98 Å². The van der Waals surface area contributed by atoms with Crippen LogP contribution in [0.1, 0.15) is 25.1 Å². The molecule has 0 aliphatic carbocycles. The van der Waals surface area contributed by atoms with Gasteiger partial charge in [-0.25, -0.2) is 0 Å². The molecule has 1 aromatic rings. The van der Waals surface area contributed by atoms with Crippen LogP contribution in [0.5, 0.6) is 0 Å². The van der Waals surface area contributed by atoms with E-state index in [1.165, 1.54) is 0 Å². The summed E-state index contributed by atoms with van der Waals surface area (Å²) < 4.78 is 5.10. The van der Waals surface area contributed by atoms with Crippen LogP contribution in [0.3, 0.4) is 0 Å². The van der Waals surface area contributed by atoms with Gasteiger partial charge in [-0.1, -0.05) is 13.0 Å². The van der Waals surface area contributed by atoms with Crippen LogP contribution in [0, 0.1) is 0 Å². The van der Waals surface area contributed by atoms with E-state index in [1.807, 2.05) is 18.3 Å². The Hall–Kier alpha value is -1.39. The zero-order valence-corrected chi connectivity index (χ0v) is 11.3. The third-order valence-electron chi connectivity index (χ3n) is 2.87. The molecule has 0 saturated carbocycles. The highest BCUT2D eigenvalue weighted by Gasteiger charge is 2.08. The quantitative estimate of drug-likeness (QED) is 0.717.